The van der Waals surface area contributed by atoms with Crippen LogP contribution in [-0.2, 0) is 9.59 Å². The molecule has 1 atom stereocenters. The minimum atomic E-state index is -0.895. The third-order valence-electron chi connectivity index (χ3n) is 2.60. The van der Waals surface area contributed by atoms with Gasteiger partial charge in [-0.05, 0) is 12.8 Å². The molecule has 96 valence electrons. The molecule has 1 N–H and O–H groups in total. The topological polar surface area (TPSA) is 57.6 Å². The summed E-state index contributed by atoms with van der Waals surface area (Å²) in [5, 5.41) is 8.79. The zero-order valence-corrected chi connectivity index (χ0v) is 10.6. The van der Waals surface area contributed by atoms with Crippen molar-refractivity contribution < 1.29 is 14.7 Å². The second kappa shape index (κ2) is 7.65. The van der Waals surface area contributed by atoms with Crippen LogP contribution in [0.15, 0.2) is 25.3 Å². The molecule has 1 unspecified atom stereocenters. The van der Waals surface area contributed by atoms with Gasteiger partial charge in [0.05, 0.1) is 5.92 Å². The fourth-order valence-corrected chi connectivity index (χ4v) is 1.59. The van der Waals surface area contributed by atoms with Crippen LogP contribution in [0.2, 0.25) is 0 Å². The number of carboxylic acids is 1. The number of rotatable bonds is 8. The van der Waals surface area contributed by atoms with E-state index in [0.717, 1.165) is 0 Å². The van der Waals surface area contributed by atoms with Gasteiger partial charge in [-0.25, -0.2) is 0 Å². The molecule has 0 radical (unpaired) electrons. The highest BCUT2D eigenvalue weighted by atomic mass is 16.4. The number of carbonyl (C=O) groups excluding carboxylic acids is 1. The molecule has 0 heterocycles. The van der Waals surface area contributed by atoms with E-state index in [4.69, 9.17) is 5.11 Å². The first kappa shape index (κ1) is 15.4. The Bertz CT molecular complexity index is 289. The summed E-state index contributed by atoms with van der Waals surface area (Å²) in [6.45, 7) is 9.04. The lowest BCUT2D eigenvalue weighted by atomic mass is 9.99. The average molecular weight is 239 g/mol. The summed E-state index contributed by atoms with van der Waals surface area (Å²) >= 11 is 0. The Labute approximate surface area is 103 Å². The maximum atomic E-state index is 12.0. The molecule has 0 saturated heterocycles. The van der Waals surface area contributed by atoms with Crippen LogP contribution >= 0.6 is 0 Å². The number of hydrogen-bond donors (Lipinski definition) is 1. The average Bonchev–Trinajstić information content (AvgIpc) is 2.27. The number of allylic oxidation sites excluding steroid dienone is 2. The Hall–Kier alpha value is -1.58. The zero-order valence-electron chi connectivity index (χ0n) is 10.6. The van der Waals surface area contributed by atoms with Gasteiger partial charge in [0.2, 0.25) is 5.91 Å². The molecular formula is C13H21NO3. The molecule has 1 amide bonds. The first-order chi connectivity index (χ1) is 7.93. The van der Waals surface area contributed by atoms with Gasteiger partial charge in [0.25, 0.3) is 0 Å². The van der Waals surface area contributed by atoms with Crippen molar-refractivity contribution in [3.63, 3.8) is 0 Å². The van der Waals surface area contributed by atoms with Crippen molar-refractivity contribution in [2.24, 2.45) is 11.8 Å². The molecule has 0 saturated carbocycles. The molecule has 4 nitrogen and oxygen atoms in total. The predicted molar refractivity (Wildman–Crippen MR) is 67.6 cm³/mol. The van der Waals surface area contributed by atoms with E-state index in [1.54, 1.807) is 26.1 Å². The quantitative estimate of drug-likeness (QED) is 0.658. The van der Waals surface area contributed by atoms with E-state index in [1.807, 2.05) is 0 Å². The van der Waals surface area contributed by atoms with Gasteiger partial charge in [0.1, 0.15) is 0 Å². The largest absolute Gasteiger partial charge is 0.481 e. The highest BCUT2D eigenvalue weighted by molar-refractivity contribution is 5.79. The highest BCUT2D eigenvalue weighted by Gasteiger charge is 2.22. The van der Waals surface area contributed by atoms with Crippen LogP contribution in [0.3, 0.4) is 0 Å². The van der Waals surface area contributed by atoms with Crippen molar-refractivity contribution in [2.45, 2.75) is 19.8 Å². The zero-order chi connectivity index (χ0) is 13.4. The van der Waals surface area contributed by atoms with Crippen LogP contribution in [-0.4, -0.2) is 35.5 Å². The van der Waals surface area contributed by atoms with Crippen molar-refractivity contribution in [1.29, 1.82) is 0 Å². The highest BCUT2D eigenvalue weighted by Crippen LogP contribution is 2.14. The van der Waals surface area contributed by atoms with E-state index < -0.39 is 11.9 Å². The van der Waals surface area contributed by atoms with E-state index in [-0.39, 0.29) is 18.4 Å². The van der Waals surface area contributed by atoms with Crippen LogP contribution < -0.4 is 0 Å². The van der Waals surface area contributed by atoms with Crippen LogP contribution in [0.5, 0.6) is 0 Å². The molecule has 0 aliphatic heterocycles. The van der Waals surface area contributed by atoms with E-state index in [9.17, 15) is 9.59 Å². The number of aliphatic carboxylic acids is 1. The van der Waals surface area contributed by atoms with Gasteiger partial charge >= 0.3 is 5.97 Å². The summed E-state index contributed by atoms with van der Waals surface area (Å²) in [6.07, 6.45) is 4.55. The second-order valence-electron chi connectivity index (χ2n) is 4.20. The molecule has 0 aliphatic rings. The molecule has 0 aromatic carbocycles. The van der Waals surface area contributed by atoms with E-state index in [2.05, 4.69) is 13.2 Å². The fraction of sp³-hybridized carbons (Fsp3) is 0.538. The van der Waals surface area contributed by atoms with E-state index >= 15 is 0 Å². The van der Waals surface area contributed by atoms with Gasteiger partial charge in [-0.1, -0.05) is 19.1 Å². The summed E-state index contributed by atoms with van der Waals surface area (Å²) in [5.74, 6) is -1.69. The minimum absolute atomic E-state index is 0.0575. The summed E-state index contributed by atoms with van der Waals surface area (Å²) in [6, 6.07) is 0. The predicted octanol–water partition coefficient (Wildman–Crippen LogP) is 1.93. The number of carboxylic acid groups (broad SMARTS) is 1. The lowest BCUT2D eigenvalue weighted by Crippen LogP contribution is -2.37. The van der Waals surface area contributed by atoms with Crippen LogP contribution in [0.1, 0.15) is 19.8 Å². The van der Waals surface area contributed by atoms with Crippen molar-refractivity contribution in [1.82, 2.24) is 4.90 Å². The van der Waals surface area contributed by atoms with Gasteiger partial charge < -0.3 is 10.0 Å². The van der Waals surface area contributed by atoms with Gasteiger partial charge in [-0.15, -0.1) is 13.2 Å². The molecule has 0 spiro atoms. The maximum absolute atomic E-state index is 12.0. The molecule has 0 aliphatic carbocycles. The second-order valence-corrected chi connectivity index (χ2v) is 4.20. The Morgan fingerprint density at radius 3 is 2.12 bits per heavy atom. The van der Waals surface area contributed by atoms with Crippen LogP contribution in [0.4, 0.5) is 0 Å². The number of amides is 1. The molecule has 17 heavy (non-hydrogen) atoms. The molecule has 0 aromatic rings. The van der Waals surface area contributed by atoms with Gasteiger partial charge in [-0.2, -0.15) is 0 Å². The molecule has 0 aromatic heterocycles. The Morgan fingerprint density at radius 1 is 1.29 bits per heavy atom. The SMILES string of the molecule is C=CCC(CC=C)C(=O)N(C)CC(C)C(=O)O. The minimum Gasteiger partial charge on any atom is -0.481 e. The normalized spacial score (nSPS) is 11.9. The summed E-state index contributed by atoms with van der Waals surface area (Å²) in [7, 11) is 1.63. The van der Waals surface area contributed by atoms with Crippen molar-refractivity contribution in [3.05, 3.63) is 25.3 Å². The third kappa shape index (κ3) is 5.33. The monoisotopic (exact) mass is 239 g/mol. The van der Waals surface area contributed by atoms with E-state index in [0.29, 0.717) is 12.8 Å². The first-order valence-corrected chi connectivity index (χ1v) is 5.63. The number of hydrogen-bond acceptors (Lipinski definition) is 2. The molecule has 4 heteroatoms. The molecule has 0 fully saturated rings. The molecular weight excluding hydrogens is 218 g/mol. The smallest absolute Gasteiger partial charge is 0.308 e. The number of nitrogens with zero attached hydrogens (tertiary/aromatic N) is 1. The number of carbonyl (C=O) groups is 2. The molecule has 0 bridgehead atoms. The van der Waals surface area contributed by atoms with E-state index in [1.165, 1.54) is 4.90 Å². The van der Waals surface area contributed by atoms with Crippen molar-refractivity contribution >= 4 is 11.9 Å². The fourth-order valence-electron chi connectivity index (χ4n) is 1.59. The van der Waals surface area contributed by atoms with Crippen molar-refractivity contribution in [3.8, 4) is 0 Å². The lowest BCUT2D eigenvalue weighted by Gasteiger charge is -2.24. The standard InChI is InChI=1S/C13H21NO3/c1-5-7-11(8-6-2)12(15)14(4)9-10(3)13(16)17/h5-6,10-11H,1-2,7-9H2,3-4H3,(H,16,17). The third-order valence-corrected chi connectivity index (χ3v) is 2.60. The molecule has 0 rings (SSSR count). The van der Waals surface area contributed by atoms with Crippen molar-refractivity contribution in [2.75, 3.05) is 13.6 Å². The Morgan fingerprint density at radius 2 is 1.76 bits per heavy atom. The summed E-state index contributed by atoms with van der Waals surface area (Å²) < 4.78 is 0. The van der Waals surface area contributed by atoms with Gasteiger partial charge in [0.15, 0.2) is 0 Å². The van der Waals surface area contributed by atoms with Crippen LogP contribution in [0, 0.1) is 11.8 Å². The Kier molecular flexibility index (Phi) is 6.94. The maximum Gasteiger partial charge on any atom is 0.308 e. The summed E-state index contributed by atoms with van der Waals surface area (Å²) in [5.41, 5.74) is 0. The van der Waals surface area contributed by atoms with Gasteiger partial charge in [-0.3, -0.25) is 9.59 Å². The summed E-state index contributed by atoms with van der Waals surface area (Å²) in [4.78, 5) is 24.2. The lowest BCUT2D eigenvalue weighted by molar-refractivity contribution is -0.143. The van der Waals surface area contributed by atoms with Crippen LogP contribution in [0.25, 0.3) is 0 Å². The van der Waals surface area contributed by atoms with Gasteiger partial charge in [0, 0.05) is 19.5 Å². The Balaban J connectivity index is 4.48. The first-order valence-electron chi connectivity index (χ1n) is 5.63.